The van der Waals surface area contributed by atoms with Crippen molar-refractivity contribution in [3.8, 4) is 5.75 Å². The van der Waals surface area contributed by atoms with Crippen molar-refractivity contribution in [2.75, 3.05) is 7.11 Å². The number of rotatable bonds is 7. The number of hydrogen-bond donors (Lipinski definition) is 2. The minimum Gasteiger partial charge on any atom is -0.496 e. The monoisotopic (exact) mass is 280 g/mol. The summed E-state index contributed by atoms with van der Waals surface area (Å²) in [5.41, 5.74) is 2.86. The van der Waals surface area contributed by atoms with Crippen molar-refractivity contribution in [1.29, 1.82) is 0 Å². The van der Waals surface area contributed by atoms with E-state index in [1.165, 1.54) is 0 Å². The van der Waals surface area contributed by atoms with Crippen molar-refractivity contribution < 1.29 is 4.74 Å². The first-order chi connectivity index (χ1) is 9.28. The van der Waals surface area contributed by atoms with E-state index < -0.39 is 0 Å². The van der Waals surface area contributed by atoms with Crippen LogP contribution in [-0.4, -0.2) is 16.7 Å². The Morgan fingerprint density at radius 2 is 2.42 bits per heavy atom. The number of nitrogens with two attached hydrogens (primary N) is 1. The summed E-state index contributed by atoms with van der Waals surface area (Å²) in [6, 6.07) is 2.08. The fourth-order valence-corrected chi connectivity index (χ4v) is 2.94. The number of imidazole rings is 1. The van der Waals surface area contributed by atoms with Gasteiger partial charge in [0.15, 0.2) is 0 Å². The van der Waals surface area contributed by atoms with Crippen LogP contribution in [0.2, 0.25) is 0 Å². The Balaban J connectivity index is 2.12. The third kappa shape index (κ3) is 3.34. The van der Waals surface area contributed by atoms with Gasteiger partial charge in [-0.3, -0.25) is 11.3 Å². The fourth-order valence-electron chi connectivity index (χ4n) is 2.02. The minimum atomic E-state index is 0.0620. The molecule has 0 aromatic carbocycles. The molecule has 0 aliphatic heterocycles. The number of hydrazine groups is 1. The van der Waals surface area contributed by atoms with Gasteiger partial charge in [-0.1, -0.05) is 6.92 Å². The van der Waals surface area contributed by atoms with E-state index >= 15 is 0 Å². The first-order valence-corrected chi connectivity index (χ1v) is 7.25. The van der Waals surface area contributed by atoms with Crippen LogP contribution in [0.4, 0.5) is 0 Å². The lowest BCUT2D eigenvalue weighted by Crippen LogP contribution is -2.29. The molecule has 0 fully saturated rings. The molecule has 0 aliphatic carbocycles. The number of methoxy groups -OCH3 is 1. The Labute approximate surface area is 117 Å². The average Bonchev–Trinajstić information content (AvgIpc) is 3.05. The third-order valence-corrected chi connectivity index (χ3v) is 4.05. The van der Waals surface area contributed by atoms with Gasteiger partial charge < -0.3 is 9.30 Å². The Morgan fingerprint density at radius 3 is 3.05 bits per heavy atom. The molecule has 0 spiro atoms. The number of aryl methyl sites for hydroxylation is 1. The van der Waals surface area contributed by atoms with E-state index in [1.807, 2.05) is 23.8 Å². The molecule has 0 bridgehead atoms. The second kappa shape index (κ2) is 6.70. The number of aromatic nitrogens is 2. The van der Waals surface area contributed by atoms with Gasteiger partial charge in [-0.25, -0.2) is 4.98 Å². The molecule has 19 heavy (non-hydrogen) atoms. The van der Waals surface area contributed by atoms with Gasteiger partial charge in [-0.05, 0) is 12.5 Å². The lowest BCUT2D eigenvalue weighted by atomic mass is 10.1. The smallest absolute Gasteiger partial charge is 0.129 e. The second-order valence-electron chi connectivity index (χ2n) is 4.35. The third-order valence-electron chi connectivity index (χ3n) is 3.03. The van der Waals surface area contributed by atoms with E-state index in [0.29, 0.717) is 0 Å². The molecule has 0 radical (unpaired) electrons. The maximum Gasteiger partial charge on any atom is 0.129 e. The average molecular weight is 280 g/mol. The number of nitrogens with zero attached hydrogens (tertiary/aromatic N) is 2. The van der Waals surface area contributed by atoms with E-state index in [0.717, 1.165) is 35.8 Å². The zero-order valence-electron chi connectivity index (χ0n) is 11.3. The normalized spacial score (nSPS) is 12.6. The van der Waals surface area contributed by atoms with E-state index in [9.17, 15) is 0 Å². The summed E-state index contributed by atoms with van der Waals surface area (Å²) in [7, 11) is 1.67. The lowest BCUT2D eigenvalue weighted by Gasteiger charge is -2.14. The SMILES string of the molecule is CCCn1ccnc1CC(NN)c1cc(OC)cs1. The Bertz CT molecular complexity index is 508. The first kappa shape index (κ1) is 14.0. The first-order valence-electron chi connectivity index (χ1n) is 6.37. The van der Waals surface area contributed by atoms with Gasteiger partial charge in [0.2, 0.25) is 0 Å². The highest BCUT2D eigenvalue weighted by Gasteiger charge is 2.16. The molecular weight excluding hydrogens is 260 g/mol. The topological polar surface area (TPSA) is 65.1 Å². The molecule has 2 rings (SSSR count). The van der Waals surface area contributed by atoms with Crippen LogP contribution in [0.1, 0.15) is 30.1 Å². The highest BCUT2D eigenvalue weighted by atomic mass is 32.1. The predicted octanol–water partition coefficient (Wildman–Crippen LogP) is 2.11. The molecule has 0 aliphatic rings. The minimum absolute atomic E-state index is 0.0620. The van der Waals surface area contributed by atoms with E-state index in [4.69, 9.17) is 10.6 Å². The highest BCUT2D eigenvalue weighted by Crippen LogP contribution is 2.28. The van der Waals surface area contributed by atoms with E-state index in [-0.39, 0.29) is 6.04 Å². The van der Waals surface area contributed by atoms with Crippen molar-refractivity contribution in [2.45, 2.75) is 32.4 Å². The molecule has 0 saturated carbocycles. The number of nitrogens with one attached hydrogen (secondary N) is 1. The molecule has 2 aromatic rings. The fraction of sp³-hybridized carbons (Fsp3) is 0.462. The molecule has 5 nitrogen and oxygen atoms in total. The summed E-state index contributed by atoms with van der Waals surface area (Å²) in [6.07, 6.45) is 5.72. The molecule has 1 unspecified atom stereocenters. The Kier molecular flexibility index (Phi) is 4.95. The highest BCUT2D eigenvalue weighted by molar-refractivity contribution is 7.10. The predicted molar refractivity (Wildman–Crippen MR) is 77.2 cm³/mol. The molecule has 1 atom stereocenters. The molecule has 2 heterocycles. The summed E-state index contributed by atoms with van der Waals surface area (Å²) < 4.78 is 7.38. The van der Waals surface area contributed by atoms with Gasteiger partial charge in [0.05, 0.1) is 13.2 Å². The lowest BCUT2D eigenvalue weighted by molar-refractivity contribution is 0.415. The Hall–Kier alpha value is -1.37. The summed E-state index contributed by atoms with van der Waals surface area (Å²) >= 11 is 1.64. The summed E-state index contributed by atoms with van der Waals surface area (Å²) in [5, 5.41) is 1.98. The molecule has 6 heteroatoms. The quantitative estimate of drug-likeness (QED) is 0.602. The maximum atomic E-state index is 5.67. The van der Waals surface area contributed by atoms with Crippen molar-refractivity contribution >= 4 is 11.3 Å². The van der Waals surface area contributed by atoms with Crippen molar-refractivity contribution in [3.05, 3.63) is 34.5 Å². The maximum absolute atomic E-state index is 5.67. The van der Waals surface area contributed by atoms with Crippen LogP contribution in [0, 0.1) is 0 Å². The van der Waals surface area contributed by atoms with E-state index in [1.54, 1.807) is 18.4 Å². The number of thiophene rings is 1. The van der Waals surface area contributed by atoms with Crippen LogP contribution in [0.25, 0.3) is 0 Å². The molecule has 3 N–H and O–H groups in total. The summed E-state index contributed by atoms with van der Waals surface area (Å²) in [5.74, 6) is 7.60. The Morgan fingerprint density at radius 1 is 1.58 bits per heavy atom. The number of hydrogen-bond acceptors (Lipinski definition) is 5. The van der Waals surface area contributed by atoms with Crippen LogP contribution < -0.4 is 16.0 Å². The van der Waals surface area contributed by atoms with Gasteiger partial charge in [0, 0.05) is 35.6 Å². The second-order valence-corrected chi connectivity index (χ2v) is 5.29. The van der Waals surface area contributed by atoms with Crippen LogP contribution in [0.15, 0.2) is 23.8 Å². The van der Waals surface area contributed by atoms with Crippen molar-refractivity contribution in [1.82, 2.24) is 15.0 Å². The van der Waals surface area contributed by atoms with E-state index in [2.05, 4.69) is 21.9 Å². The zero-order valence-corrected chi connectivity index (χ0v) is 12.1. The van der Waals surface area contributed by atoms with Crippen LogP contribution in [0.3, 0.4) is 0 Å². The van der Waals surface area contributed by atoms with Crippen LogP contribution in [0.5, 0.6) is 5.75 Å². The molecule has 0 amide bonds. The largest absolute Gasteiger partial charge is 0.496 e. The van der Waals surface area contributed by atoms with Gasteiger partial charge in [0.25, 0.3) is 0 Å². The molecule has 2 aromatic heterocycles. The summed E-state index contributed by atoms with van der Waals surface area (Å²) in [6.45, 7) is 3.15. The van der Waals surface area contributed by atoms with Gasteiger partial charge in [-0.2, -0.15) is 0 Å². The van der Waals surface area contributed by atoms with Crippen LogP contribution in [-0.2, 0) is 13.0 Å². The standard InChI is InChI=1S/C13H20N4OS/c1-3-5-17-6-4-15-13(17)8-11(16-14)12-7-10(18-2)9-19-12/h4,6-7,9,11,16H,3,5,8,14H2,1-2H3. The molecule has 104 valence electrons. The van der Waals surface area contributed by atoms with Crippen molar-refractivity contribution in [3.63, 3.8) is 0 Å². The number of ether oxygens (including phenoxy) is 1. The van der Waals surface area contributed by atoms with Gasteiger partial charge in [-0.15, -0.1) is 11.3 Å². The molecule has 0 saturated heterocycles. The zero-order chi connectivity index (χ0) is 13.7. The van der Waals surface area contributed by atoms with Gasteiger partial charge >= 0.3 is 0 Å². The van der Waals surface area contributed by atoms with Crippen molar-refractivity contribution in [2.24, 2.45) is 5.84 Å². The van der Waals surface area contributed by atoms with Crippen LogP contribution >= 0.6 is 11.3 Å². The molecular formula is C13H20N4OS. The van der Waals surface area contributed by atoms with Gasteiger partial charge in [0.1, 0.15) is 11.6 Å². The summed E-state index contributed by atoms with van der Waals surface area (Å²) in [4.78, 5) is 5.57.